The summed E-state index contributed by atoms with van der Waals surface area (Å²) >= 11 is 0. The number of anilines is 2. The molecular weight excluding hydrogens is 184 g/mol. The third-order valence-electron chi connectivity index (χ3n) is 1.63. The molecule has 6 nitrogen and oxygen atoms in total. The van der Waals surface area contributed by atoms with Crippen LogP contribution >= 0.6 is 0 Å². The number of hydrogen-bond acceptors (Lipinski definition) is 6. The minimum atomic E-state index is -0.186. The van der Waals surface area contributed by atoms with Crippen LogP contribution in [0.15, 0.2) is 12.4 Å². The quantitative estimate of drug-likeness (QED) is 0.589. The van der Waals surface area contributed by atoms with E-state index in [0.717, 1.165) is 0 Å². The van der Waals surface area contributed by atoms with E-state index in [9.17, 15) is 0 Å². The van der Waals surface area contributed by atoms with Gasteiger partial charge in [0.2, 0.25) is 0 Å². The van der Waals surface area contributed by atoms with Gasteiger partial charge in [-0.3, -0.25) is 0 Å². The second-order valence-corrected chi connectivity index (χ2v) is 2.81. The van der Waals surface area contributed by atoms with E-state index < -0.39 is 0 Å². The van der Waals surface area contributed by atoms with Crippen LogP contribution in [-0.4, -0.2) is 41.4 Å². The summed E-state index contributed by atoms with van der Waals surface area (Å²) in [4.78, 5) is 7.69. The molecule has 0 saturated heterocycles. The molecule has 0 aliphatic carbocycles. The highest BCUT2D eigenvalue weighted by molar-refractivity contribution is 5.43. The Morgan fingerprint density at radius 1 is 1.64 bits per heavy atom. The van der Waals surface area contributed by atoms with E-state index in [1.54, 1.807) is 13.2 Å². The van der Waals surface area contributed by atoms with E-state index in [1.165, 1.54) is 6.33 Å². The lowest BCUT2D eigenvalue weighted by Crippen LogP contribution is -2.29. The highest BCUT2D eigenvalue weighted by Gasteiger charge is 2.07. The standard InChI is InChI=1S/C8H14N4O2/c1-14-4-6(3-13)12-8-2-7(9)10-5-11-8/h2,5-6,13H,3-4H2,1H3,(H3,9,10,11,12). The molecular formula is C8H14N4O2. The van der Waals surface area contributed by atoms with Crippen molar-refractivity contribution < 1.29 is 9.84 Å². The number of nitrogens with two attached hydrogens (primary N) is 1. The van der Waals surface area contributed by atoms with Crippen molar-refractivity contribution in [2.24, 2.45) is 0 Å². The number of aromatic nitrogens is 2. The van der Waals surface area contributed by atoms with E-state index in [4.69, 9.17) is 15.6 Å². The number of nitrogens with one attached hydrogen (secondary N) is 1. The first-order chi connectivity index (χ1) is 6.76. The van der Waals surface area contributed by atoms with Gasteiger partial charge >= 0.3 is 0 Å². The van der Waals surface area contributed by atoms with Gasteiger partial charge in [-0.05, 0) is 0 Å². The monoisotopic (exact) mass is 198 g/mol. The first-order valence-electron chi connectivity index (χ1n) is 4.20. The largest absolute Gasteiger partial charge is 0.394 e. The summed E-state index contributed by atoms with van der Waals surface area (Å²) in [6.45, 7) is 0.373. The van der Waals surface area contributed by atoms with Crippen molar-refractivity contribution in [1.29, 1.82) is 0 Å². The van der Waals surface area contributed by atoms with Crippen LogP contribution in [0.2, 0.25) is 0 Å². The van der Waals surface area contributed by atoms with Crippen molar-refractivity contribution >= 4 is 11.6 Å². The Morgan fingerprint density at radius 2 is 2.43 bits per heavy atom. The van der Waals surface area contributed by atoms with E-state index >= 15 is 0 Å². The van der Waals surface area contributed by atoms with Crippen molar-refractivity contribution in [1.82, 2.24) is 9.97 Å². The molecule has 1 aromatic rings. The summed E-state index contributed by atoms with van der Waals surface area (Å²) in [6, 6.07) is 1.41. The van der Waals surface area contributed by atoms with Gasteiger partial charge in [-0.15, -0.1) is 0 Å². The summed E-state index contributed by atoms with van der Waals surface area (Å²) < 4.78 is 4.90. The fourth-order valence-corrected chi connectivity index (χ4v) is 1.00. The fourth-order valence-electron chi connectivity index (χ4n) is 1.00. The van der Waals surface area contributed by atoms with Gasteiger partial charge < -0.3 is 20.9 Å². The predicted octanol–water partition coefficient (Wildman–Crippen LogP) is -0.522. The lowest BCUT2D eigenvalue weighted by atomic mass is 10.3. The number of ether oxygens (including phenoxy) is 1. The average Bonchev–Trinajstić information content (AvgIpc) is 2.17. The summed E-state index contributed by atoms with van der Waals surface area (Å²) in [5, 5.41) is 11.9. The maximum Gasteiger partial charge on any atom is 0.131 e. The first kappa shape index (κ1) is 10.7. The van der Waals surface area contributed by atoms with Crippen LogP contribution in [0.1, 0.15) is 0 Å². The normalized spacial score (nSPS) is 12.4. The second-order valence-electron chi connectivity index (χ2n) is 2.81. The smallest absolute Gasteiger partial charge is 0.131 e. The molecule has 1 rings (SSSR count). The molecule has 0 fully saturated rings. The highest BCUT2D eigenvalue weighted by atomic mass is 16.5. The van der Waals surface area contributed by atoms with Crippen LogP contribution in [0.5, 0.6) is 0 Å². The number of rotatable bonds is 5. The number of nitrogens with zero attached hydrogens (tertiary/aromatic N) is 2. The van der Waals surface area contributed by atoms with Gasteiger partial charge in [0.15, 0.2) is 0 Å². The Labute approximate surface area is 82.1 Å². The third-order valence-corrected chi connectivity index (χ3v) is 1.63. The van der Waals surface area contributed by atoms with Crippen LogP contribution in [0.3, 0.4) is 0 Å². The topological polar surface area (TPSA) is 93.3 Å². The van der Waals surface area contributed by atoms with Crippen molar-refractivity contribution in [3.05, 3.63) is 12.4 Å². The van der Waals surface area contributed by atoms with Crippen LogP contribution in [-0.2, 0) is 4.74 Å². The van der Waals surface area contributed by atoms with Crippen LogP contribution < -0.4 is 11.1 Å². The maximum atomic E-state index is 8.97. The van der Waals surface area contributed by atoms with Gasteiger partial charge in [-0.1, -0.05) is 0 Å². The summed E-state index contributed by atoms with van der Waals surface area (Å²) in [7, 11) is 1.57. The minimum Gasteiger partial charge on any atom is -0.394 e. The van der Waals surface area contributed by atoms with Crippen LogP contribution in [0.4, 0.5) is 11.6 Å². The van der Waals surface area contributed by atoms with Crippen LogP contribution in [0, 0.1) is 0 Å². The van der Waals surface area contributed by atoms with Crippen molar-refractivity contribution in [2.75, 3.05) is 31.4 Å². The Bertz CT molecular complexity index is 282. The lowest BCUT2D eigenvalue weighted by molar-refractivity contribution is 0.153. The lowest BCUT2D eigenvalue weighted by Gasteiger charge is -2.15. The number of methoxy groups -OCH3 is 1. The summed E-state index contributed by atoms with van der Waals surface area (Å²) in [5.74, 6) is 0.963. The summed E-state index contributed by atoms with van der Waals surface area (Å²) in [6.07, 6.45) is 1.36. The molecule has 0 aliphatic heterocycles. The highest BCUT2D eigenvalue weighted by Crippen LogP contribution is 2.06. The number of aliphatic hydroxyl groups excluding tert-OH is 1. The van der Waals surface area contributed by atoms with Crippen LogP contribution in [0.25, 0.3) is 0 Å². The number of hydrogen-bond donors (Lipinski definition) is 3. The molecule has 78 valence electrons. The van der Waals surface area contributed by atoms with Gasteiger partial charge in [0.05, 0.1) is 19.3 Å². The molecule has 4 N–H and O–H groups in total. The second kappa shape index (κ2) is 5.36. The van der Waals surface area contributed by atoms with Gasteiger partial charge in [0.25, 0.3) is 0 Å². The molecule has 0 spiro atoms. The Balaban J connectivity index is 2.57. The van der Waals surface area contributed by atoms with E-state index in [-0.39, 0.29) is 12.6 Å². The molecule has 0 aliphatic rings. The van der Waals surface area contributed by atoms with E-state index in [1.807, 2.05) is 0 Å². The molecule has 0 radical (unpaired) electrons. The fraction of sp³-hybridized carbons (Fsp3) is 0.500. The number of aliphatic hydroxyl groups is 1. The van der Waals surface area contributed by atoms with Crippen molar-refractivity contribution in [3.63, 3.8) is 0 Å². The minimum absolute atomic E-state index is 0.0300. The Kier molecular flexibility index (Phi) is 4.09. The van der Waals surface area contributed by atoms with Gasteiger partial charge in [-0.2, -0.15) is 0 Å². The van der Waals surface area contributed by atoms with Gasteiger partial charge in [0.1, 0.15) is 18.0 Å². The first-order valence-corrected chi connectivity index (χ1v) is 4.20. The zero-order valence-electron chi connectivity index (χ0n) is 7.97. The van der Waals surface area contributed by atoms with Crippen molar-refractivity contribution in [2.45, 2.75) is 6.04 Å². The van der Waals surface area contributed by atoms with Gasteiger partial charge in [-0.25, -0.2) is 9.97 Å². The SMILES string of the molecule is COCC(CO)Nc1cc(N)ncn1. The zero-order valence-corrected chi connectivity index (χ0v) is 7.97. The molecule has 14 heavy (non-hydrogen) atoms. The summed E-state index contributed by atoms with van der Waals surface area (Å²) in [5.41, 5.74) is 5.46. The average molecular weight is 198 g/mol. The molecule has 1 atom stereocenters. The Morgan fingerprint density at radius 3 is 3.00 bits per heavy atom. The molecule has 0 amide bonds. The molecule has 0 saturated carbocycles. The maximum absolute atomic E-state index is 8.97. The predicted molar refractivity (Wildman–Crippen MR) is 52.8 cm³/mol. The van der Waals surface area contributed by atoms with Gasteiger partial charge in [0, 0.05) is 13.2 Å². The molecule has 1 heterocycles. The van der Waals surface area contributed by atoms with E-state index in [2.05, 4.69) is 15.3 Å². The Hall–Kier alpha value is -1.40. The molecule has 1 aromatic heterocycles. The van der Waals surface area contributed by atoms with E-state index in [0.29, 0.717) is 18.2 Å². The molecule has 0 bridgehead atoms. The number of nitrogen functional groups attached to an aromatic ring is 1. The molecule has 6 heteroatoms. The van der Waals surface area contributed by atoms with Crippen molar-refractivity contribution in [3.8, 4) is 0 Å². The molecule has 1 unspecified atom stereocenters. The molecule has 0 aromatic carbocycles. The third kappa shape index (κ3) is 3.15. The zero-order chi connectivity index (χ0) is 10.4.